The Morgan fingerprint density at radius 1 is 0.964 bits per heavy atom. The lowest BCUT2D eigenvalue weighted by Crippen LogP contribution is -2.24. The molecule has 0 aliphatic rings. The van der Waals surface area contributed by atoms with E-state index in [0.29, 0.717) is 30.4 Å². The molecule has 0 fully saturated rings. The quantitative estimate of drug-likeness (QED) is 0.658. The summed E-state index contributed by atoms with van der Waals surface area (Å²) in [5, 5.41) is 6.16. The van der Waals surface area contributed by atoms with E-state index in [1.54, 1.807) is 20.1 Å². The van der Waals surface area contributed by atoms with Crippen LogP contribution in [0.5, 0.6) is 5.75 Å². The van der Waals surface area contributed by atoms with E-state index in [9.17, 15) is 4.79 Å². The van der Waals surface area contributed by atoms with Gasteiger partial charge < -0.3 is 15.4 Å². The van der Waals surface area contributed by atoms with Crippen LogP contribution in [0, 0.1) is 13.8 Å². The van der Waals surface area contributed by atoms with Crippen molar-refractivity contribution in [3.05, 3.63) is 82.8 Å². The van der Waals surface area contributed by atoms with Gasteiger partial charge in [0.2, 0.25) is 0 Å². The van der Waals surface area contributed by atoms with Gasteiger partial charge in [0.05, 0.1) is 7.11 Å². The first kappa shape index (κ1) is 19.4. The highest BCUT2D eigenvalue weighted by Gasteiger charge is 2.10. The molecule has 1 heterocycles. The van der Waals surface area contributed by atoms with Crippen LogP contribution in [0.1, 0.15) is 33.0 Å². The van der Waals surface area contributed by atoms with Gasteiger partial charge in [-0.05, 0) is 37.1 Å². The van der Waals surface area contributed by atoms with Gasteiger partial charge in [0.15, 0.2) is 0 Å². The van der Waals surface area contributed by atoms with E-state index in [0.717, 1.165) is 16.9 Å². The molecular formula is C22H24N4O2. The number of anilines is 1. The van der Waals surface area contributed by atoms with Gasteiger partial charge in [0.1, 0.15) is 23.1 Å². The van der Waals surface area contributed by atoms with Crippen LogP contribution in [0.25, 0.3) is 0 Å². The molecule has 0 aliphatic heterocycles. The molecule has 2 aromatic carbocycles. The van der Waals surface area contributed by atoms with Gasteiger partial charge in [-0.3, -0.25) is 4.79 Å². The molecule has 144 valence electrons. The number of amides is 1. The molecule has 3 aromatic rings. The summed E-state index contributed by atoms with van der Waals surface area (Å²) in [7, 11) is 1.62. The smallest absolute Gasteiger partial charge is 0.270 e. The van der Waals surface area contributed by atoms with Crippen molar-refractivity contribution in [2.75, 3.05) is 12.4 Å². The topological polar surface area (TPSA) is 76.1 Å². The molecule has 0 saturated heterocycles. The van der Waals surface area contributed by atoms with Gasteiger partial charge in [-0.1, -0.05) is 42.0 Å². The molecule has 0 atom stereocenters. The van der Waals surface area contributed by atoms with E-state index >= 15 is 0 Å². The summed E-state index contributed by atoms with van der Waals surface area (Å²) in [5.74, 6) is 1.72. The minimum absolute atomic E-state index is 0.236. The van der Waals surface area contributed by atoms with Gasteiger partial charge in [0, 0.05) is 19.2 Å². The van der Waals surface area contributed by atoms with Crippen LogP contribution in [0.2, 0.25) is 0 Å². The number of nitrogens with one attached hydrogen (secondary N) is 2. The van der Waals surface area contributed by atoms with Crippen molar-refractivity contribution in [1.29, 1.82) is 0 Å². The van der Waals surface area contributed by atoms with Crippen molar-refractivity contribution in [1.82, 2.24) is 15.3 Å². The predicted octanol–water partition coefficient (Wildman–Crippen LogP) is 3.64. The minimum atomic E-state index is -0.236. The zero-order chi connectivity index (χ0) is 19.9. The van der Waals surface area contributed by atoms with Crippen LogP contribution < -0.4 is 15.4 Å². The van der Waals surface area contributed by atoms with Gasteiger partial charge in [-0.15, -0.1) is 0 Å². The number of aromatic nitrogens is 2. The monoisotopic (exact) mass is 376 g/mol. The SMILES string of the molecule is COc1ccc(CNC(=O)c2cc(NCc3cccc(C)c3)nc(C)n2)cc1. The van der Waals surface area contributed by atoms with Crippen molar-refractivity contribution >= 4 is 11.7 Å². The highest BCUT2D eigenvalue weighted by molar-refractivity contribution is 5.92. The highest BCUT2D eigenvalue weighted by Crippen LogP contribution is 2.12. The first-order valence-electron chi connectivity index (χ1n) is 9.10. The van der Waals surface area contributed by atoms with Crippen LogP contribution in [-0.2, 0) is 13.1 Å². The number of ether oxygens (including phenoxy) is 1. The molecule has 0 radical (unpaired) electrons. The average Bonchev–Trinajstić information content (AvgIpc) is 2.70. The van der Waals surface area contributed by atoms with Crippen LogP contribution in [-0.4, -0.2) is 23.0 Å². The first-order valence-corrected chi connectivity index (χ1v) is 9.10. The molecule has 6 nitrogen and oxygen atoms in total. The summed E-state index contributed by atoms with van der Waals surface area (Å²) in [6, 6.07) is 17.5. The van der Waals surface area contributed by atoms with E-state index in [-0.39, 0.29) is 5.91 Å². The van der Waals surface area contributed by atoms with E-state index in [1.807, 2.05) is 30.3 Å². The number of hydrogen-bond donors (Lipinski definition) is 2. The number of nitrogens with zero attached hydrogens (tertiary/aromatic N) is 2. The first-order chi connectivity index (χ1) is 13.5. The number of benzene rings is 2. The van der Waals surface area contributed by atoms with Gasteiger partial charge >= 0.3 is 0 Å². The minimum Gasteiger partial charge on any atom is -0.497 e. The molecule has 0 bridgehead atoms. The number of carbonyl (C=O) groups is 1. The summed E-state index contributed by atoms with van der Waals surface area (Å²) in [4.78, 5) is 21.1. The maximum Gasteiger partial charge on any atom is 0.270 e. The Morgan fingerprint density at radius 2 is 1.75 bits per heavy atom. The zero-order valence-electron chi connectivity index (χ0n) is 16.3. The lowest BCUT2D eigenvalue weighted by atomic mass is 10.1. The third-order valence-electron chi connectivity index (χ3n) is 4.24. The Balaban J connectivity index is 1.63. The third-order valence-corrected chi connectivity index (χ3v) is 4.24. The van der Waals surface area contributed by atoms with Crippen molar-refractivity contribution in [3.8, 4) is 5.75 Å². The molecular weight excluding hydrogens is 352 g/mol. The van der Waals surface area contributed by atoms with E-state index in [2.05, 4.69) is 45.7 Å². The van der Waals surface area contributed by atoms with Crippen LogP contribution >= 0.6 is 0 Å². The van der Waals surface area contributed by atoms with E-state index in [4.69, 9.17) is 4.74 Å². The zero-order valence-corrected chi connectivity index (χ0v) is 16.3. The maximum absolute atomic E-state index is 12.5. The largest absolute Gasteiger partial charge is 0.497 e. The Labute approximate surface area is 165 Å². The Morgan fingerprint density at radius 3 is 2.46 bits per heavy atom. The predicted molar refractivity (Wildman–Crippen MR) is 109 cm³/mol. The fraction of sp³-hybridized carbons (Fsp3) is 0.227. The Bertz CT molecular complexity index is 955. The Hall–Kier alpha value is -3.41. The van der Waals surface area contributed by atoms with Gasteiger partial charge in [-0.25, -0.2) is 9.97 Å². The number of rotatable bonds is 7. The fourth-order valence-corrected chi connectivity index (χ4v) is 2.81. The summed E-state index contributed by atoms with van der Waals surface area (Å²) >= 11 is 0. The molecule has 2 N–H and O–H groups in total. The highest BCUT2D eigenvalue weighted by atomic mass is 16.5. The summed E-state index contributed by atoms with van der Waals surface area (Å²) in [6.07, 6.45) is 0. The molecule has 0 aliphatic carbocycles. The van der Waals surface area contributed by atoms with Crippen molar-refractivity contribution in [2.45, 2.75) is 26.9 Å². The standard InChI is InChI=1S/C22H24N4O2/c1-15-5-4-6-18(11-15)14-23-21-12-20(25-16(2)26-21)22(27)24-13-17-7-9-19(28-3)10-8-17/h4-12H,13-14H2,1-3H3,(H,24,27)(H,23,25,26). The summed E-state index contributed by atoms with van der Waals surface area (Å²) in [6.45, 7) is 4.88. The second kappa shape index (κ2) is 8.99. The lowest BCUT2D eigenvalue weighted by molar-refractivity contribution is 0.0945. The van der Waals surface area contributed by atoms with Crippen molar-refractivity contribution in [2.24, 2.45) is 0 Å². The van der Waals surface area contributed by atoms with E-state index < -0.39 is 0 Å². The number of carbonyl (C=O) groups excluding carboxylic acids is 1. The summed E-state index contributed by atoms with van der Waals surface area (Å²) < 4.78 is 5.14. The number of hydrogen-bond acceptors (Lipinski definition) is 5. The molecule has 0 spiro atoms. The lowest BCUT2D eigenvalue weighted by Gasteiger charge is -2.10. The molecule has 1 amide bonds. The van der Waals surface area contributed by atoms with E-state index in [1.165, 1.54) is 5.56 Å². The third kappa shape index (κ3) is 5.30. The second-order valence-corrected chi connectivity index (χ2v) is 6.56. The fourth-order valence-electron chi connectivity index (χ4n) is 2.81. The average molecular weight is 376 g/mol. The van der Waals surface area contributed by atoms with Gasteiger partial charge in [-0.2, -0.15) is 0 Å². The van der Waals surface area contributed by atoms with Crippen molar-refractivity contribution in [3.63, 3.8) is 0 Å². The molecule has 0 unspecified atom stereocenters. The van der Waals surface area contributed by atoms with Gasteiger partial charge in [0.25, 0.3) is 5.91 Å². The van der Waals surface area contributed by atoms with Crippen LogP contribution in [0.15, 0.2) is 54.6 Å². The second-order valence-electron chi connectivity index (χ2n) is 6.56. The maximum atomic E-state index is 12.5. The molecule has 28 heavy (non-hydrogen) atoms. The molecule has 3 rings (SSSR count). The van der Waals surface area contributed by atoms with Crippen LogP contribution in [0.4, 0.5) is 5.82 Å². The van der Waals surface area contributed by atoms with Crippen molar-refractivity contribution < 1.29 is 9.53 Å². The molecule has 6 heteroatoms. The Kier molecular flexibility index (Phi) is 6.22. The number of aryl methyl sites for hydroxylation is 2. The van der Waals surface area contributed by atoms with Crippen LogP contribution in [0.3, 0.4) is 0 Å². The summed E-state index contributed by atoms with van der Waals surface area (Å²) in [5.41, 5.74) is 3.68. The molecule has 1 aromatic heterocycles. The normalized spacial score (nSPS) is 10.4. The molecule has 0 saturated carbocycles. The number of methoxy groups -OCH3 is 1.